The van der Waals surface area contributed by atoms with Gasteiger partial charge in [0.25, 0.3) is 0 Å². The van der Waals surface area contributed by atoms with Gasteiger partial charge in [0.1, 0.15) is 5.75 Å². The van der Waals surface area contributed by atoms with Gasteiger partial charge in [-0.3, -0.25) is 4.79 Å². The summed E-state index contributed by atoms with van der Waals surface area (Å²) in [6.07, 6.45) is 0.816. The summed E-state index contributed by atoms with van der Waals surface area (Å²) >= 11 is 0. The topological polar surface area (TPSA) is 29.5 Å². The van der Waals surface area contributed by atoms with Gasteiger partial charge in [0.05, 0.1) is 18.2 Å². The lowest BCUT2D eigenvalue weighted by Crippen LogP contribution is -2.41. The zero-order chi connectivity index (χ0) is 12.4. The fourth-order valence-electron chi connectivity index (χ4n) is 2.18. The second-order valence-electron chi connectivity index (χ2n) is 4.69. The summed E-state index contributed by atoms with van der Waals surface area (Å²) in [5.74, 6) is 0.947. The van der Waals surface area contributed by atoms with E-state index in [9.17, 15) is 4.79 Å². The largest absolute Gasteiger partial charge is 0.491 e. The minimum atomic E-state index is -0.0372. The van der Waals surface area contributed by atoms with E-state index in [0.717, 1.165) is 17.9 Å². The maximum atomic E-state index is 12.4. The molecular weight excluding hydrogens is 214 g/mol. The molecule has 0 spiro atoms. The van der Waals surface area contributed by atoms with Gasteiger partial charge in [-0.1, -0.05) is 19.1 Å². The van der Waals surface area contributed by atoms with Crippen molar-refractivity contribution in [1.82, 2.24) is 0 Å². The van der Waals surface area contributed by atoms with Gasteiger partial charge < -0.3 is 9.64 Å². The zero-order valence-electron chi connectivity index (χ0n) is 10.6. The normalized spacial score (nSPS) is 19.9. The number of anilines is 1. The van der Waals surface area contributed by atoms with Crippen LogP contribution in [0.2, 0.25) is 0 Å². The number of para-hydroxylation sites is 2. The Morgan fingerprint density at radius 1 is 1.41 bits per heavy atom. The van der Waals surface area contributed by atoms with Crippen LogP contribution in [-0.2, 0) is 4.79 Å². The second kappa shape index (κ2) is 4.78. The SMILES string of the molecule is CCC1COc2ccccc2N(C(C)C)C1=O. The zero-order valence-corrected chi connectivity index (χ0v) is 10.6. The van der Waals surface area contributed by atoms with Gasteiger partial charge in [-0.15, -0.1) is 0 Å². The highest BCUT2D eigenvalue weighted by molar-refractivity contribution is 5.97. The molecule has 1 aromatic carbocycles. The molecule has 0 radical (unpaired) electrons. The standard InChI is InChI=1S/C14H19NO2/c1-4-11-9-17-13-8-6-5-7-12(13)15(10(2)3)14(11)16/h5-8,10-11H,4,9H2,1-3H3. The van der Waals surface area contributed by atoms with Crippen molar-refractivity contribution in [2.24, 2.45) is 5.92 Å². The Hall–Kier alpha value is -1.51. The first kappa shape index (κ1) is 12.0. The average Bonchev–Trinajstić information content (AvgIpc) is 2.45. The number of amides is 1. The molecule has 1 aromatic rings. The molecule has 0 saturated heterocycles. The van der Waals surface area contributed by atoms with Gasteiger partial charge in [0.15, 0.2) is 0 Å². The fourth-order valence-corrected chi connectivity index (χ4v) is 2.18. The van der Waals surface area contributed by atoms with Crippen LogP contribution in [-0.4, -0.2) is 18.6 Å². The van der Waals surface area contributed by atoms with Gasteiger partial charge in [-0.25, -0.2) is 0 Å². The van der Waals surface area contributed by atoms with E-state index in [4.69, 9.17) is 4.74 Å². The van der Waals surface area contributed by atoms with Crippen molar-refractivity contribution >= 4 is 11.6 Å². The predicted octanol–water partition coefficient (Wildman–Crippen LogP) is 2.85. The molecule has 3 nitrogen and oxygen atoms in total. The Bertz CT molecular complexity index is 414. The van der Waals surface area contributed by atoms with Crippen molar-refractivity contribution < 1.29 is 9.53 Å². The van der Waals surface area contributed by atoms with Crippen LogP contribution in [0.5, 0.6) is 5.75 Å². The molecular formula is C14H19NO2. The third-order valence-electron chi connectivity index (χ3n) is 3.16. The van der Waals surface area contributed by atoms with E-state index in [1.165, 1.54) is 0 Å². The van der Waals surface area contributed by atoms with E-state index in [1.54, 1.807) is 0 Å². The van der Waals surface area contributed by atoms with E-state index in [1.807, 2.05) is 49.9 Å². The molecule has 1 unspecified atom stereocenters. The first-order valence-corrected chi connectivity index (χ1v) is 6.20. The smallest absolute Gasteiger partial charge is 0.233 e. The van der Waals surface area contributed by atoms with Crippen LogP contribution in [0.4, 0.5) is 5.69 Å². The number of hydrogen-bond acceptors (Lipinski definition) is 2. The number of carbonyl (C=O) groups excluding carboxylic acids is 1. The van der Waals surface area contributed by atoms with Gasteiger partial charge >= 0.3 is 0 Å². The number of ether oxygens (including phenoxy) is 1. The Labute approximate surface area is 102 Å². The van der Waals surface area contributed by atoms with Crippen LogP contribution < -0.4 is 9.64 Å². The third kappa shape index (κ3) is 2.14. The maximum absolute atomic E-state index is 12.4. The monoisotopic (exact) mass is 233 g/mol. The number of carbonyl (C=O) groups is 1. The minimum absolute atomic E-state index is 0.0372. The lowest BCUT2D eigenvalue weighted by Gasteiger charge is -2.27. The lowest BCUT2D eigenvalue weighted by molar-refractivity contribution is -0.123. The van der Waals surface area contributed by atoms with Gasteiger partial charge in [0.2, 0.25) is 5.91 Å². The molecule has 1 atom stereocenters. The van der Waals surface area contributed by atoms with Crippen molar-refractivity contribution in [3.63, 3.8) is 0 Å². The molecule has 0 aromatic heterocycles. The molecule has 1 aliphatic rings. The summed E-state index contributed by atoms with van der Waals surface area (Å²) in [5, 5.41) is 0. The van der Waals surface area contributed by atoms with Crippen LogP contribution in [0.1, 0.15) is 27.2 Å². The van der Waals surface area contributed by atoms with E-state index >= 15 is 0 Å². The van der Waals surface area contributed by atoms with E-state index < -0.39 is 0 Å². The molecule has 0 N–H and O–H groups in total. The molecule has 17 heavy (non-hydrogen) atoms. The molecule has 0 bridgehead atoms. The second-order valence-corrected chi connectivity index (χ2v) is 4.69. The maximum Gasteiger partial charge on any atom is 0.233 e. The summed E-state index contributed by atoms with van der Waals surface area (Å²) in [4.78, 5) is 14.3. The summed E-state index contributed by atoms with van der Waals surface area (Å²) in [6.45, 7) is 6.58. The van der Waals surface area contributed by atoms with E-state index in [0.29, 0.717) is 6.61 Å². The van der Waals surface area contributed by atoms with Crippen LogP contribution >= 0.6 is 0 Å². The molecule has 0 aliphatic carbocycles. The molecule has 3 heteroatoms. The number of rotatable bonds is 2. The Morgan fingerprint density at radius 2 is 2.12 bits per heavy atom. The molecule has 1 heterocycles. The van der Waals surface area contributed by atoms with Gasteiger partial charge in [-0.2, -0.15) is 0 Å². The highest BCUT2D eigenvalue weighted by Gasteiger charge is 2.31. The highest BCUT2D eigenvalue weighted by Crippen LogP contribution is 2.34. The number of benzene rings is 1. The fraction of sp³-hybridized carbons (Fsp3) is 0.500. The summed E-state index contributed by atoms with van der Waals surface area (Å²) in [7, 11) is 0. The minimum Gasteiger partial charge on any atom is -0.491 e. The van der Waals surface area contributed by atoms with Crippen molar-refractivity contribution in [2.45, 2.75) is 33.2 Å². The predicted molar refractivity (Wildman–Crippen MR) is 68.3 cm³/mol. The highest BCUT2D eigenvalue weighted by atomic mass is 16.5. The Balaban J connectivity index is 2.46. The third-order valence-corrected chi connectivity index (χ3v) is 3.16. The van der Waals surface area contributed by atoms with Crippen LogP contribution in [0.3, 0.4) is 0 Å². The Morgan fingerprint density at radius 3 is 2.76 bits per heavy atom. The van der Waals surface area contributed by atoms with Crippen molar-refractivity contribution in [1.29, 1.82) is 0 Å². The van der Waals surface area contributed by atoms with E-state index in [2.05, 4.69) is 0 Å². The average molecular weight is 233 g/mol. The number of fused-ring (bicyclic) bond motifs is 1. The lowest BCUT2D eigenvalue weighted by atomic mass is 10.1. The van der Waals surface area contributed by atoms with Crippen LogP contribution in [0, 0.1) is 5.92 Å². The molecule has 0 fully saturated rings. The summed E-state index contributed by atoms with van der Waals surface area (Å²) in [6, 6.07) is 7.91. The first-order valence-electron chi connectivity index (χ1n) is 6.20. The van der Waals surface area contributed by atoms with Crippen LogP contribution in [0.15, 0.2) is 24.3 Å². The van der Waals surface area contributed by atoms with Crippen molar-refractivity contribution in [2.75, 3.05) is 11.5 Å². The van der Waals surface area contributed by atoms with Crippen LogP contribution in [0.25, 0.3) is 0 Å². The molecule has 92 valence electrons. The molecule has 1 amide bonds. The quantitative estimate of drug-likeness (QED) is 0.786. The van der Waals surface area contributed by atoms with Crippen molar-refractivity contribution in [3.8, 4) is 5.75 Å². The number of nitrogens with zero attached hydrogens (tertiary/aromatic N) is 1. The molecule has 2 rings (SSSR count). The molecule has 0 saturated carbocycles. The number of hydrogen-bond donors (Lipinski definition) is 0. The summed E-state index contributed by atoms with van der Waals surface area (Å²) < 4.78 is 5.74. The van der Waals surface area contributed by atoms with Gasteiger partial charge in [-0.05, 0) is 32.4 Å². The van der Waals surface area contributed by atoms with Crippen molar-refractivity contribution in [3.05, 3.63) is 24.3 Å². The summed E-state index contributed by atoms with van der Waals surface area (Å²) in [5.41, 5.74) is 0.892. The Kier molecular flexibility index (Phi) is 3.36. The molecule has 1 aliphatic heterocycles. The first-order chi connectivity index (χ1) is 8.15. The van der Waals surface area contributed by atoms with E-state index in [-0.39, 0.29) is 17.9 Å². The van der Waals surface area contributed by atoms with Gasteiger partial charge in [0, 0.05) is 6.04 Å².